The maximum Gasteiger partial charge on any atom is 0.252 e. The first-order valence-corrected chi connectivity index (χ1v) is 6.66. The topological polar surface area (TPSA) is 50.4 Å². The molecule has 2 N–H and O–H groups in total. The minimum absolute atomic E-state index is 0.187. The van der Waals surface area contributed by atoms with Gasteiger partial charge in [0.2, 0.25) is 0 Å². The number of rotatable bonds is 7. The number of nitrogens with one attached hydrogen (secondary N) is 2. The van der Waals surface area contributed by atoms with Crippen LogP contribution in [0.3, 0.4) is 0 Å². The van der Waals surface area contributed by atoms with Gasteiger partial charge in [-0.3, -0.25) is 4.79 Å². The minimum Gasteiger partial charge on any atom is -0.383 e. The van der Waals surface area contributed by atoms with Crippen LogP contribution in [-0.4, -0.2) is 39.3 Å². The van der Waals surface area contributed by atoms with Crippen molar-refractivity contribution in [2.45, 2.75) is 0 Å². The maximum atomic E-state index is 12.9. The van der Waals surface area contributed by atoms with Crippen LogP contribution < -0.4 is 10.6 Å². The fraction of sp³-hybridized carbons (Fsp3) is 0.417. The summed E-state index contributed by atoms with van der Waals surface area (Å²) < 4.78 is 18.4. The predicted octanol–water partition coefficient (Wildman–Crippen LogP) is 1.40. The molecule has 1 amide bonds. The zero-order valence-electron chi connectivity index (χ0n) is 10.1. The molecule has 6 heteroatoms. The molecule has 0 aliphatic rings. The standard InChI is InChI=1S/C12H16FIN2O2/c1-18-7-6-15-4-5-16-12(17)10-3-2-9(13)8-11(10)14/h2-3,8,15H,4-7H2,1H3,(H,16,17). The zero-order valence-corrected chi connectivity index (χ0v) is 12.3. The quantitative estimate of drug-likeness (QED) is 0.567. The number of amides is 1. The first kappa shape index (κ1) is 15.3. The number of hydrogen-bond donors (Lipinski definition) is 2. The van der Waals surface area contributed by atoms with Crippen LogP contribution in [0.4, 0.5) is 4.39 Å². The molecule has 0 aromatic heterocycles. The average Bonchev–Trinajstić information content (AvgIpc) is 2.33. The first-order valence-electron chi connectivity index (χ1n) is 5.58. The van der Waals surface area contributed by atoms with Gasteiger partial charge in [-0.15, -0.1) is 0 Å². The lowest BCUT2D eigenvalue weighted by atomic mass is 10.2. The molecular formula is C12H16FIN2O2. The normalized spacial score (nSPS) is 10.4. The summed E-state index contributed by atoms with van der Waals surface area (Å²) in [5.41, 5.74) is 0.494. The van der Waals surface area contributed by atoms with Crippen molar-refractivity contribution in [3.05, 3.63) is 33.1 Å². The lowest BCUT2D eigenvalue weighted by Crippen LogP contribution is -2.33. The Hall–Kier alpha value is -0.730. The fourth-order valence-corrected chi connectivity index (χ4v) is 2.05. The van der Waals surface area contributed by atoms with Gasteiger partial charge in [0.25, 0.3) is 5.91 Å². The molecule has 0 saturated carbocycles. The summed E-state index contributed by atoms with van der Waals surface area (Å²) in [5.74, 6) is -0.523. The van der Waals surface area contributed by atoms with E-state index < -0.39 is 0 Å². The summed E-state index contributed by atoms with van der Waals surface area (Å²) in [7, 11) is 1.64. The SMILES string of the molecule is COCCNCCNC(=O)c1ccc(F)cc1I. The Kier molecular flexibility index (Phi) is 7.14. The Morgan fingerprint density at radius 3 is 2.83 bits per heavy atom. The molecule has 1 rings (SSSR count). The largest absolute Gasteiger partial charge is 0.383 e. The van der Waals surface area contributed by atoms with Gasteiger partial charge in [-0.25, -0.2) is 4.39 Å². The summed E-state index contributed by atoms with van der Waals surface area (Å²) in [6.45, 7) is 2.59. The second kappa shape index (κ2) is 8.39. The number of carbonyl (C=O) groups excluding carboxylic acids is 1. The van der Waals surface area contributed by atoms with Crippen molar-refractivity contribution in [2.24, 2.45) is 0 Å². The highest BCUT2D eigenvalue weighted by Crippen LogP contribution is 2.13. The van der Waals surface area contributed by atoms with E-state index in [2.05, 4.69) is 10.6 Å². The van der Waals surface area contributed by atoms with E-state index in [1.807, 2.05) is 22.6 Å². The molecule has 0 saturated heterocycles. The molecule has 0 bridgehead atoms. The van der Waals surface area contributed by atoms with Crippen molar-refractivity contribution < 1.29 is 13.9 Å². The lowest BCUT2D eigenvalue weighted by Gasteiger charge is -2.08. The Balaban J connectivity index is 2.32. The molecule has 0 heterocycles. The van der Waals surface area contributed by atoms with Crippen molar-refractivity contribution in [1.82, 2.24) is 10.6 Å². The highest BCUT2D eigenvalue weighted by Gasteiger charge is 2.09. The third-order valence-electron chi connectivity index (χ3n) is 2.25. The summed E-state index contributed by atoms with van der Waals surface area (Å²) in [4.78, 5) is 11.8. The number of halogens is 2. The van der Waals surface area contributed by atoms with E-state index in [1.54, 1.807) is 7.11 Å². The van der Waals surface area contributed by atoms with Gasteiger partial charge in [-0.1, -0.05) is 0 Å². The van der Waals surface area contributed by atoms with Crippen LogP contribution in [0.15, 0.2) is 18.2 Å². The van der Waals surface area contributed by atoms with Crippen molar-refractivity contribution in [2.75, 3.05) is 33.4 Å². The molecule has 0 fully saturated rings. The van der Waals surface area contributed by atoms with Gasteiger partial charge in [0, 0.05) is 30.3 Å². The molecule has 0 unspecified atom stereocenters. The predicted molar refractivity (Wildman–Crippen MR) is 76.2 cm³/mol. The van der Waals surface area contributed by atoms with Gasteiger partial charge >= 0.3 is 0 Å². The van der Waals surface area contributed by atoms with Gasteiger partial charge in [0.05, 0.1) is 12.2 Å². The van der Waals surface area contributed by atoms with Crippen LogP contribution in [0.25, 0.3) is 0 Å². The van der Waals surface area contributed by atoms with Crippen molar-refractivity contribution in [3.8, 4) is 0 Å². The highest BCUT2D eigenvalue weighted by molar-refractivity contribution is 14.1. The first-order chi connectivity index (χ1) is 8.65. The second-order valence-corrected chi connectivity index (χ2v) is 4.79. The number of benzene rings is 1. The summed E-state index contributed by atoms with van der Waals surface area (Å²) in [6.07, 6.45) is 0. The molecule has 1 aromatic carbocycles. The van der Waals surface area contributed by atoms with Crippen LogP contribution in [0.5, 0.6) is 0 Å². The smallest absolute Gasteiger partial charge is 0.252 e. The van der Waals surface area contributed by atoms with E-state index in [9.17, 15) is 9.18 Å². The molecular weight excluding hydrogens is 350 g/mol. The monoisotopic (exact) mass is 366 g/mol. The summed E-state index contributed by atoms with van der Waals surface area (Å²) >= 11 is 1.95. The Morgan fingerprint density at radius 1 is 1.39 bits per heavy atom. The van der Waals surface area contributed by atoms with Crippen LogP contribution in [0, 0.1) is 9.39 Å². The van der Waals surface area contributed by atoms with E-state index >= 15 is 0 Å². The third-order valence-corrected chi connectivity index (χ3v) is 3.14. The lowest BCUT2D eigenvalue weighted by molar-refractivity contribution is 0.0952. The zero-order chi connectivity index (χ0) is 13.4. The molecule has 0 radical (unpaired) electrons. The number of ether oxygens (including phenoxy) is 1. The van der Waals surface area contributed by atoms with Gasteiger partial charge < -0.3 is 15.4 Å². The molecule has 0 atom stereocenters. The van der Waals surface area contributed by atoms with Crippen LogP contribution in [-0.2, 0) is 4.74 Å². The van der Waals surface area contributed by atoms with Crippen LogP contribution >= 0.6 is 22.6 Å². The van der Waals surface area contributed by atoms with E-state index in [0.717, 1.165) is 6.54 Å². The third kappa shape index (κ3) is 5.28. The number of methoxy groups -OCH3 is 1. The maximum absolute atomic E-state index is 12.9. The molecule has 0 aliphatic heterocycles. The highest BCUT2D eigenvalue weighted by atomic mass is 127. The van der Waals surface area contributed by atoms with Crippen molar-refractivity contribution in [3.63, 3.8) is 0 Å². The van der Waals surface area contributed by atoms with E-state index in [4.69, 9.17) is 4.74 Å². The van der Waals surface area contributed by atoms with Crippen molar-refractivity contribution >= 4 is 28.5 Å². The Labute approximate surface area is 119 Å². The van der Waals surface area contributed by atoms with Gasteiger partial charge in [0.15, 0.2) is 0 Å². The Morgan fingerprint density at radius 2 is 2.17 bits per heavy atom. The molecule has 0 spiro atoms. The average molecular weight is 366 g/mol. The van der Waals surface area contributed by atoms with E-state index in [0.29, 0.717) is 28.8 Å². The van der Waals surface area contributed by atoms with Crippen LogP contribution in [0.2, 0.25) is 0 Å². The molecule has 4 nitrogen and oxygen atoms in total. The summed E-state index contributed by atoms with van der Waals surface area (Å²) in [5, 5.41) is 5.88. The van der Waals surface area contributed by atoms with Gasteiger partial charge in [-0.05, 0) is 40.8 Å². The minimum atomic E-state index is -0.336. The Bertz CT molecular complexity index is 402. The van der Waals surface area contributed by atoms with E-state index in [1.165, 1.54) is 18.2 Å². The van der Waals surface area contributed by atoms with E-state index in [-0.39, 0.29) is 11.7 Å². The molecule has 100 valence electrons. The molecule has 1 aromatic rings. The number of hydrogen-bond acceptors (Lipinski definition) is 3. The number of carbonyl (C=O) groups is 1. The van der Waals surface area contributed by atoms with Gasteiger partial charge in [-0.2, -0.15) is 0 Å². The molecule has 0 aliphatic carbocycles. The summed E-state index contributed by atoms with van der Waals surface area (Å²) in [6, 6.07) is 4.12. The van der Waals surface area contributed by atoms with Gasteiger partial charge in [0.1, 0.15) is 5.82 Å². The van der Waals surface area contributed by atoms with Crippen LogP contribution in [0.1, 0.15) is 10.4 Å². The molecule has 18 heavy (non-hydrogen) atoms. The van der Waals surface area contributed by atoms with Crippen molar-refractivity contribution in [1.29, 1.82) is 0 Å². The second-order valence-electron chi connectivity index (χ2n) is 3.62. The fourth-order valence-electron chi connectivity index (χ4n) is 1.33.